The van der Waals surface area contributed by atoms with Crippen LogP contribution < -0.4 is 4.72 Å². The van der Waals surface area contributed by atoms with Crippen LogP contribution in [0.15, 0.2) is 21.7 Å². The first-order chi connectivity index (χ1) is 12.1. The molecule has 4 atom stereocenters. The Morgan fingerprint density at radius 1 is 1.20 bits per heavy atom. The highest BCUT2D eigenvalue weighted by molar-refractivity contribution is 7.91. The average molecular weight is 384 g/mol. The summed E-state index contributed by atoms with van der Waals surface area (Å²) in [5.41, 5.74) is 0. The molecule has 4 saturated heterocycles. The van der Waals surface area contributed by atoms with Gasteiger partial charge in [0.05, 0.1) is 0 Å². The summed E-state index contributed by atoms with van der Waals surface area (Å²) in [4.78, 5) is 5.19. The lowest BCUT2D eigenvalue weighted by molar-refractivity contribution is -0.0122. The maximum Gasteiger partial charge on any atom is 0.250 e. The fourth-order valence-electron chi connectivity index (χ4n) is 4.84. The standard InChI is InChI=1S/C18H29N3O2S2/c22-25(23,18-5-4-10-24-18)19-12-17-11-15-6-9-21(17)14-16(15)13-20-7-2-1-3-8-20/h4-5,10,15-17,19H,1-3,6-9,11-14H2/t15-,16+,17+/m1/s1. The molecule has 5 heterocycles. The molecule has 1 unspecified atom stereocenters. The number of fused-ring (bicyclic) bond motifs is 3. The van der Waals surface area contributed by atoms with Crippen LogP contribution in [0, 0.1) is 11.8 Å². The van der Waals surface area contributed by atoms with Crippen molar-refractivity contribution in [3.05, 3.63) is 17.5 Å². The number of nitrogens with zero attached hydrogens (tertiary/aromatic N) is 2. The van der Waals surface area contributed by atoms with Crippen molar-refractivity contribution in [3.8, 4) is 0 Å². The summed E-state index contributed by atoms with van der Waals surface area (Å²) in [6.07, 6.45) is 6.53. The van der Waals surface area contributed by atoms with Gasteiger partial charge in [-0.3, -0.25) is 4.90 Å². The smallest absolute Gasteiger partial charge is 0.250 e. The van der Waals surface area contributed by atoms with Gasteiger partial charge in [0.25, 0.3) is 0 Å². The van der Waals surface area contributed by atoms with Crippen LogP contribution in [-0.2, 0) is 10.0 Å². The van der Waals surface area contributed by atoms with E-state index in [0.29, 0.717) is 16.8 Å². The minimum Gasteiger partial charge on any atom is -0.303 e. The lowest BCUT2D eigenvalue weighted by atomic mass is 9.75. The van der Waals surface area contributed by atoms with E-state index in [1.54, 1.807) is 12.1 Å². The summed E-state index contributed by atoms with van der Waals surface area (Å²) in [6, 6.07) is 3.83. The predicted molar refractivity (Wildman–Crippen MR) is 101 cm³/mol. The number of nitrogens with one attached hydrogen (secondary N) is 1. The monoisotopic (exact) mass is 383 g/mol. The van der Waals surface area contributed by atoms with Crippen LogP contribution in [0.5, 0.6) is 0 Å². The van der Waals surface area contributed by atoms with Crippen molar-refractivity contribution in [1.29, 1.82) is 0 Å². The maximum atomic E-state index is 12.3. The molecule has 1 aromatic heterocycles. The Balaban J connectivity index is 1.31. The molecule has 25 heavy (non-hydrogen) atoms. The van der Waals surface area contributed by atoms with E-state index in [2.05, 4.69) is 14.5 Å². The van der Waals surface area contributed by atoms with Crippen molar-refractivity contribution >= 4 is 21.4 Å². The zero-order valence-corrected chi connectivity index (χ0v) is 16.4. The van der Waals surface area contributed by atoms with Gasteiger partial charge in [0, 0.05) is 25.7 Å². The molecule has 0 spiro atoms. The number of likely N-dealkylation sites (tertiary alicyclic amines) is 1. The highest BCUT2D eigenvalue weighted by Crippen LogP contribution is 2.37. The third-order valence-corrected chi connectivity index (χ3v) is 9.05. The van der Waals surface area contributed by atoms with Crippen molar-refractivity contribution in [1.82, 2.24) is 14.5 Å². The van der Waals surface area contributed by atoms with E-state index >= 15 is 0 Å². The Kier molecular flexibility index (Phi) is 5.48. The van der Waals surface area contributed by atoms with Gasteiger partial charge in [-0.1, -0.05) is 12.5 Å². The summed E-state index contributed by atoms with van der Waals surface area (Å²) in [5, 5.41) is 1.81. The van der Waals surface area contributed by atoms with Crippen LogP contribution in [0.1, 0.15) is 32.1 Å². The fourth-order valence-corrected chi connectivity index (χ4v) is 6.95. The van der Waals surface area contributed by atoms with Crippen molar-refractivity contribution in [2.45, 2.75) is 42.4 Å². The van der Waals surface area contributed by atoms with E-state index < -0.39 is 10.0 Å². The van der Waals surface area contributed by atoms with Gasteiger partial charge in [-0.2, -0.15) is 0 Å². The van der Waals surface area contributed by atoms with E-state index in [1.165, 1.54) is 56.7 Å². The van der Waals surface area contributed by atoms with Crippen LogP contribution in [0.2, 0.25) is 0 Å². The van der Waals surface area contributed by atoms with E-state index in [1.807, 2.05) is 5.38 Å². The summed E-state index contributed by atoms with van der Waals surface area (Å²) in [7, 11) is -3.34. The predicted octanol–water partition coefficient (Wildman–Crippen LogP) is 2.22. The molecular weight excluding hydrogens is 354 g/mol. The first-order valence-corrected chi connectivity index (χ1v) is 12.0. The highest BCUT2D eigenvalue weighted by Gasteiger charge is 2.40. The summed E-state index contributed by atoms with van der Waals surface area (Å²) in [5.74, 6) is 1.54. The van der Waals surface area contributed by atoms with Gasteiger partial charge in [-0.05, 0) is 68.6 Å². The molecule has 0 amide bonds. The first-order valence-electron chi connectivity index (χ1n) is 9.61. The molecule has 5 nitrogen and oxygen atoms in total. The Bertz CT molecular complexity index is 656. The first kappa shape index (κ1) is 17.9. The second-order valence-electron chi connectivity index (χ2n) is 7.84. The minimum absolute atomic E-state index is 0.367. The van der Waals surface area contributed by atoms with Crippen LogP contribution in [0.3, 0.4) is 0 Å². The number of rotatable bonds is 6. The Morgan fingerprint density at radius 3 is 2.72 bits per heavy atom. The third-order valence-electron chi connectivity index (χ3n) is 6.22. The second-order valence-corrected chi connectivity index (χ2v) is 10.8. The fraction of sp³-hybridized carbons (Fsp3) is 0.778. The van der Waals surface area contributed by atoms with Gasteiger partial charge in [-0.15, -0.1) is 11.3 Å². The SMILES string of the molecule is O=S(=O)(NC[C@@H]1C[C@H]2CCN1C[C@@H]2CN1CCCCC1)c1cccs1. The molecule has 4 aliphatic heterocycles. The molecule has 2 bridgehead atoms. The molecule has 5 rings (SSSR count). The van der Waals surface area contributed by atoms with Gasteiger partial charge in [0.2, 0.25) is 10.0 Å². The van der Waals surface area contributed by atoms with Gasteiger partial charge >= 0.3 is 0 Å². The molecule has 7 heteroatoms. The lowest BCUT2D eigenvalue weighted by Crippen LogP contribution is -2.58. The van der Waals surface area contributed by atoms with Gasteiger partial charge in [-0.25, -0.2) is 13.1 Å². The van der Waals surface area contributed by atoms with Gasteiger partial charge in [0.1, 0.15) is 4.21 Å². The summed E-state index contributed by atoms with van der Waals surface area (Å²) < 4.78 is 28.0. The molecule has 0 aliphatic carbocycles. The second kappa shape index (κ2) is 7.64. The zero-order chi connectivity index (χ0) is 17.3. The summed E-state index contributed by atoms with van der Waals surface area (Å²) >= 11 is 1.28. The maximum absolute atomic E-state index is 12.3. The average Bonchev–Trinajstić information content (AvgIpc) is 3.17. The van der Waals surface area contributed by atoms with E-state index in [0.717, 1.165) is 31.3 Å². The molecule has 4 fully saturated rings. The van der Waals surface area contributed by atoms with Crippen LogP contribution in [0.4, 0.5) is 0 Å². The Labute approximate surface area is 155 Å². The third kappa shape index (κ3) is 4.11. The molecule has 0 radical (unpaired) electrons. The quantitative estimate of drug-likeness (QED) is 0.818. The van der Waals surface area contributed by atoms with Crippen molar-refractivity contribution < 1.29 is 8.42 Å². The zero-order valence-electron chi connectivity index (χ0n) is 14.8. The largest absolute Gasteiger partial charge is 0.303 e. The molecular formula is C18H29N3O2S2. The topological polar surface area (TPSA) is 52.7 Å². The molecule has 1 N–H and O–H groups in total. The lowest BCUT2D eigenvalue weighted by Gasteiger charge is -2.51. The Morgan fingerprint density at radius 2 is 2.04 bits per heavy atom. The number of piperidine rings is 4. The number of hydrogen-bond donors (Lipinski definition) is 1. The Hall–Kier alpha value is -0.470. The normalized spacial score (nSPS) is 33.6. The number of thiophene rings is 1. The van der Waals surface area contributed by atoms with Gasteiger partial charge in [0.15, 0.2) is 0 Å². The van der Waals surface area contributed by atoms with E-state index in [9.17, 15) is 8.42 Å². The summed E-state index contributed by atoms with van der Waals surface area (Å²) in [6.45, 7) is 6.61. The van der Waals surface area contributed by atoms with Crippen LogP contribution >= 0.6 is 11.3 Å². The molecule has 1 aromatic rings. The van der Waals surface area contributed by atoms with Crippen LogP contribution in [0.25, 0.3) is 0 Å². The van der Waals surface area contributed by atoms with Gasteiger partial charge < -0.3 is 4.90 Å². The minimum atomic E-state index is -3.34. The van der Waals surface area contributed by atoms with Crippen molar-refractivity contribution in [3.63, 3.8) is 0 Å². The molecule has 0 saturated carbocycles. The number of hydrogen-bond acceptors (Lipinski definition) is 5. The highest BCUT2D eigenvalue weighted by atomic mass is 32.2. The number of sulfonamides is 1. The van der Waals surface area contributed by atoms with E-state index in [-0.39, 0.29) is 0 Å². The van der Waals surface area contributed by atoms with Crippen LogP contribution in [-0.4, -0.2) is 63.5 Å². The van der Waals surface area contributed by atoms with Crippen molar-refractivity contribution in [2.24, 2.45) is 11.8 Å². The molecule has 0 aromatic carbocycles. The van der Waals surface area contributed by atoms with Crippen molar-refractivity contribution in [2.75, 3.05) is 39.3 Å². The molecule has 4 aliphatic rings. The van der Waals surface area contributed by atoms with E-state index in [4.69, 9.17) is 0 Å². The molecule has 140 valence electrons.